The summed E-state index contributed by atoms with van der Waals surface area (Å²) in [5.41, 5.74) is -2.71. The van der Waals surface area contributed by atoms with Crippen LogP contribution in [0.3, 0.4) is 0 Å². The first kappa shape index (κ1) is 27.9. The number of phenolic OH excluding ortho intramolecular Hbond substituents is 1. The van der Waals surface area contributed by atoms with Crippen molar-refractivity contribution in [3.05, 3.63) is 58.3 Å². The fourth-order valence-corrected chi connectivity index (χ4v) is 8.62. The van der Waals surface area contributed by atoms with Gasteiger partial charge in [0, 0.05) is 35.7 Å². The van der Waals surface area contributed by atoms with Crippen LogP contribution in [-0.4, -0.2) is 95.6 Å². The van der Waals surface area contributed by atoms with Crippen molar-refractivity contribution < 1.29 is 49.7 Å². The van der Waals surface area contributed by atoms with Gasteiger partial charge in [0.2, 0.25) is 11.6 Å². The van der Waals surface area contributed by atoms with E-state index in [0.29, 0.717) is 35.0 Å². The van der Waals surface area contributed by atoms with Gasteiger partial charge in [-0.2, -0.15) is 0 Å². The zero-order chi connectivity index (χ0) is 30.9. The zero-order valence-corrected chi connectivity index (χ0v) is 23.8. The number of β-amino-alcohol motifs (C(OH)–C–C–N with tert-alkyl or cyclic N) is 1. The number of aliphatic hydroxyl groups is 5. The highest BCUT2D eigenvalue weighted by Gasteiger charge is 2.70. The van der Waals surface area contributed by atoms with E-state index >= 15 is 0 Å². The summed E-state index contributed by atoms with van der Waals surface area (Å²) < 4.78 is 12.9. The van der Waals surface area contributed by atoms with Gasteiger partial charge >= 0.3 is 0 Å². The molecule has 1 aromatic heterocycles. The quantitative estimate of drug-likeness (QED) is 0.162. The maximum Gasteiger partial charge on any atom is 0.240 e. The molecule has 12 heteroatoms. The fourth-order valence-electron chi connectivity index (χ4n) is 8.62. The number of aromatic nitrogens is 1. The first-order chi connectivity index (χ1) is 20.9. The van der Waals surface area contributed by atoms with Crippen LogP contribution in [-0.2, 0) is 4.74 Å². The Bertz CT molecular complexity index is 1790. The molecule has 4 heterocycles. The fraction of sp³-hybridized carbons (Fsp3) is 0.469. The Morgan fingerprint density at radius 1 is 1.02 bits per heavy atom. The minimum atomic E-state index is -2.09. The van der Waals surface area contributed by atoms with Crippen LogP contribution in [0, 0.1) is 18.8 Å². The van der Waals surface area contributed by atoms with E-state index in [1.807, 2.05) is 0 Å². The molecule has 0 radical (unpaired) electrons. The largest absolute Gasteiger partial charge is 0.507 e. The molecular weight excluding hydrogens is 572 g/mol. The second-order valence-electron chi connectivity index (χ2n) is 13.1. The van der Waals surface area contributed by atoms with Crippen LogP contribution < -0.4 is 10.1 Å². The van der Waals surface area contributed by atoms with Crippen molar-refractivity contribution in [3.8, 4) is 11.5 Å². The molecule has 5 aliphatic rings. The summed E-state index contributed by atoms with van der Waals surface area (Å²) in [6.07, 6.45) is -3.02. The lowest BCUT2D eigenvalue weighted by Gasteiger charge is -2.63. The lowest BCUT2D eigenvalue weighted by atomic mass is 9.57. The third kappa shape index (κ3) is 3.46. The second-order valence-corrected chi connectivity index (χ2v) is 13.1. The smallest absolute Gasteiger partial charge is 0.240 e. The van der Waals surface area contributed by atoms with Gasteiger partial charge in [-0.05, 0) is 73.2 Å². The van der Waals surface area contributed by atoms with Crippen molar-refractivity contribution in [1.82, 2.24) is 4.98 Å². The number of ether oxygens (including phenoxy) is 2. The SMILES string of the molecule is Cc1cc(O)c2c(c1)C(=O)c1c(c3cc4c(nccc14)NC[C@]1(O)CC[C@H]4[C@@H](C1)C[C@@]1(O3)O[C@]4(CO)[C@@H](O)[C@H](O)[C@H]1O)C2=O. The third-order valence-electron chi connectivity index (χ3n) is 10.6. The van der Waals surface area contributed by atoms with Gasteiger partial charge < -0.3 is 45.4 Å². The average molecular weight is 605 g/mol. The molecule has 1 saturated carbocycles. The number of fused-ring (bicyclic) bond motifs is 8. The van der Waals surface area contributed by atoms with E-state index in [1.165, 1.54) is 24.4 Å². The number of nitrogens with zero attached hydrogens (tertiary/aromatic N) is 1. The number of nitrogens with one attached hydrogen (secondary N) is 1. The number of carbonyl (C=O) groups is 2. The summed E-state index contributed by atoms with van der Waals surface area (Å²) in [7, 11) is 0. The summed E-state index contributed by atoms with van der Waals surface area (Å²) in [6, 6.07) is 6.01. The number of hydrogen-bond acceptors (Lipinski definition) is 12. The van der Waals surface area contributed by atoms with E-state index in [1.54, 1.807) is 13.0 Å². The van der Waals surface area contributed by atoms with Gasteiger partial charge in [-0.25, -0.2) is 4.98 Å². The molecule has 44 heavy (non-hydrogen) atoms. The summed E-state index contributed by atoms with van der Waals surface area (Å²) in [6.45, 7) is 1.08. The Hall–Kier alpha value is -3.65. The number of phenols is 1. The standard InChI is InChI=1S/C32H32N2O10/c1-13-6-17-21(19(36)7-13)25(38)23-20-8-16-15(22(23)24(17)37)3-5-33-29(16)34-11-30(42)4-2-18-14(9-30)10-32(43-20)28(41)26(39)27(40)31(18,12-35)44-32/h3,5-8,14,18,26-28,35-36,39-42H,2,4,9-12H2,1H3,(H,33,34)/t14-,18-,26-,27-,28+,30-,31-,32+/m0/s1. The molecule has 3 aliphatic heterocycles. The van der Waals surface area contributed by atoms with Crippen molar-refractivity contribution in [3.63, 3.8) is 0 Å². The molecule has 7 N–H and O–H groups in total. The molecular formula is C32H32N2O10. The first-order valence-corrected chi connectivity index (χ1v) is 14.8. The zero-order valence-electron chi connectivity index (χ0n) is 23.8. The van der Waals surface area contributed by atoms with Crippen LogP contribution >= 0.6 is 0 Å². The molecule has 0 amide bonds. The highest BCUT2D eigenvalue weighted by atomic mass is 16.7. The molecule has 2 aliphatic carbocycles. The highest BCUT2D eigenvalue weighted by Crippen LogP contribution is 2.58. The molecule has 2 aromatic carbocycles. The minimum absolute atomic E-state index is 0.00538. The Morgan fingerprint density at radius 2 is 1.82 bits per heavy atom. The predicted octanol–water partition coefficient (Wildman–Crippen LogP) is 0.920. The number of ketones is 2. The summed E-state index contributed by atoms with van der Waals surface area (Å²) in [4.78, 5) is 32.9. The number of benzene rings is 2. The van der Waals surface area contributed by atoms with Crippen LogP contribution in [0.4, 0.5) is 5.82 Å². The molecule has 0 unspecified atom stereocenters. The van der Waals surface area contributed by atoms with Gasteiger partial charge in [0.25, 0.3) is 0 Å². The van der Waals surface area contributed by atoms with Crippen LogP contribution in [0.25, 0.3) is 10.8 Å². The van der Waals surface area contributed by atoms with Crippen LogP contribution in [0.15, 0.2) is 30.5 Å². The van der Waals surface area contributed by atoms with E-state index in [4.69, 9.17) is 9.47 Å². The number of pyridine rings is 1. The Labute approximate surface area is 250 Å². The molecule has 3 fully saturated rings. The number of aliphatic hydroxyl groups excluding tert-OH is 4. The predicted molar refractivity (Wildman–Crippen MR) is 153 cm³/mol. The third-order valence-corrected chi connectivity index (χ3v) is 10.6. The molecule has 2 saturated heterocycles. The number of aromatic hydroxyl groups is 1. The topological polar surface area (TPSA) is 199 Å². The molecule has 12 nitrogen and oxygen atoms in total. The molecule has 8 atom stereocenters. The van der Waals surface area contributed by atoms with Crippen molar-refractivity contribution >= 4 is 28.2 Å². The lowest BCUT2D eigenvalue weighted by Crippen LogP contribution is -2.79. The van der Waals surface area contributed by atoms with E-state index in [-0.39, 0.29) is 53.1 Å². The van der Waals surface area contributed by atoms with Gasteiger partial charge in [0.05, 0.1) is 23.3 Å². The average Bonchev–Trinajstić information content (AvgIpc) is 2.99. The molecule has 8 rings (SSSR count). The van der Waals surface area contributed by atoms with Crippen LogP contribution in [0.5, 0.6) is 11.5 Å². The summed E-state index contributed by atoms with van der Waals surface area (Å²) >= 11 is 0. The van der Waals surface area contributed by atoms with Gasteiger partial charge in [-0.3, -0.25) is 9.59 Å². The number of carbonyl (C=O) groups excluding carboxylic acids is 2. The molecule has 6 bridgehead atoms. The van der Waals surface area contributed by atoms with E-state index < -0.39 is 65.3 Å². The highest BCUT2D eigenvalue weighted by molar-refractivity contribution is 6.34. The Morgan fingerprint density at radius 3 is 2.59 bits per heavy atom. The molecule has 3 aromatic rings. The van der Waals surface area contributed by atoms with Crippen LogP contribution in [0.2, 0.25) is 0 Å². The maximum absolute atomic E-state index is 14.2. The molecule has 230 valence electrons. The van der Waals surface area contributed by atoms with Crippen LogP contribution in [0.1, 0.15) is 63.1 Å². The van der Waals surface area contributed by atoms with Gasteiger partial charge in [-0.1, -0.05) is 0 Å². The van der Waals surface area contributed by atoms with Crippen molar-refractivity contribution in [2.75, 3.05) is 18.5 Å². The first-order valence-electron chi connectivity index (χ1n) is 14.8. The summed E-state index contributed by atoms with van der Waals surface area (Å²) in [5, 5.41) is 71.2. The maximum atomic E-state index is 14.2. The van der Waals surface area contributed by atoms with Crippen molar-refractivity contribution in [1.29, 1.82) is 0 Å². The van der Waals surface area contributed by atoms with Gasteiger partial charge in [0.1, 0.15) is 41.2 Å². The van der Waals surface area contributed by atoms with Gasteiger partial charge in [0.15, 0.2) is 5.78 Å². The number of hydrogen-bond donors (Lipinski definition) is 7. The Balaban J connectivity index is 1.43. The monoisotopic (exact) mass is 604 g/mol. The second kappa shape index (κ2) is 8.96. The van der Waals surface area contributed by atoms with E-state index in [9.17, 15) is 40.2 Å². The normalized spacial score (nSPS) is 37.0. The number of anilines is 1. The Kier molecular flexibility index (Phi) is 5.68. The number of rotatable bonds is 1. The lowest BCUT2D eigenvalue weighted by molar-refractivity contribution is -0.416. The van der Waals surface area contributed by atoms with Crippen molar-refractivity contribution in [2.45, 2.75) is 67.9 Å². The summed E-state index contributed by atoms with van der Waals surface area (Å²) in [5.74, 6) is -4.44. The minimum Gasteiger partial charge on any atom is -0.507 e. The van der Waals surface area contributed by atoms with Gasteiger partial charge in [-0.15, -0.1) is 0 Å². The van der Waals surface area contributed by atoms with E-state index in [2.05, 4.69) is 10.3 Å². The van der Waals surface area contributed by atoms with Crippen molar-refractivity contribution in [2.24, 2.45) is 11.8 Å². The molecule has 1 spiro atoms. The van der Waals surface area contributed by atoms with E-state index in [0.717, 1.165) is 0 Å². The number of aryl methyl sites for hydroxylation is 1.